The highest BCUT2D eigenvalue weighted by molar-refractivity contribution is 6.09. The number of aromatic nitrogens is 2. The maximum absolute atomic E-state index is 12.8. The number of rotatable bonds is 7. The van der Waals surface area contributed by atoms with Crippen LogP contribution >= 0.6 is 0 Å². The van der Waals surface area contributed by atoms with Gasteiger partial charge in [0.05, 0.1) is 12.8 Å². The van der Waals surface area contributed by atoms with Gasteiger partial charge in [0.2, 0.25) is 5.96 Å². The number of aryl methyl sites for hydroxylation is 3. The molecule has 168 valence electrons. The highest BCUT2D eigenvalue weighted by Gasteiger charge is 2.12. The molecule has 3 aromatic rings. The fourth-order valence-electron chi connectivity index (χ4n) is 3.49. The highest BCUT2D eigenvalue weighted by Crippen LogP contribution is 2.16. The second-order valence-electron chi connectivity index (χ2n) is 7.62. The van der Waals surface area contributed by atoms with Crippen molar-refractivity contribution in [3.8, 4) is 5.75 Å². The Morgan fingerprint density at radius 2 is 1.75 bits per heavy atom. The van der Waals surface area contributed by atoms with E-state index in [4.69, 9.17) is 4.74 Å². The lowest BCUT2D eigenvalue weighted by Crippen LogP contribution is -2.36. The maximum Gasteiger partial charge on any atom is 0.257 e. The smallest absolute Gasteiger partial charge is 0.257 e. The van der Waals surface area contributed by atoms with Gasteiger partial charge in [0, 0.05) is 30.0 Å². The van der Waals surface area contributed by atoms with Gasteiger partial charge < -0.3 is 10.1 Å². The fourth-order valence-corrected chi connectivity index (χ4v) is 3.49. The van der Waals surface area contributed by atoms with E-state index in [0.717, 1.165) is 41.4 Å². The number of hydrogen-bond acceptors (Lipinski definition) is 4. The van der Waals surface area contributed by atoms with Crippen LogP contribution in [0.2, 0.25) is 0 Å². The third kappa shape index (κ3) is 5.75. The molecule has 2 aromatic carbocycles. The summed E-state index contributed by atoms with van der Waals surface area (Å²) >= 11 is 0. The van der Waals surface area contributed by atoms with E-state index in [9.17, 15) is 4.79 Å². The molecule has 0 bridgehead atoms. The fraction of sp³-hybridized carbons (Fsp3) is 0.320. The summed E-state index contributed by atoms with van der Waals surface area (Å²) in [4.78, 5) is 17.4. The number of ether oxygens (including phenoxy) is 1. The number of benzene rings is 2. The van der Waals surface area contributed by atoms with Crippen LogP contribution in [0.5, 0.6) is 5.75 Å². The summed E-state index contributed by atoms with van der Waals surface area (Å²) in [7, 11) is 1.63. The molecule has 0 aliphatic rings. The predicted octanol–water partition coefficient (Wildman–Crippen LogP) is 4.28. The van der Waals surface area contributed by atoms with E-state index < -0.39 is 0 Å². The number of anilines is 1. The first-order valence-electron chi connectivity index (χ1n) is 10.8. The summed E-state index contributed by atoms with van der Waals surface area (Å²) in [5.74, 6) is 0.950. The van der Waals surface area contributed by atoms with E-state index in [0.29, 0.717) is 18.1 Å². The van der Waals surface area contributed by atoms with Gasteiger partial charge in [-0.15, -0.1) is 0 Å². The van der Waals surface area contributed by atoms with E-state index in [1.807, 2.05) is 67.1 Å². The number of aliphatic imine (C=N–C) groups is 1. The number of amides is 1. The van der Waals surface area contributed by atoms with Crippen molar-refractivity contribution in [2.24, 2.45) is 4.99 Å². The van der Waals surface area contributed by atoms with E-state index in [1.165, 1.54) is 5.56 Å². The van der Waals surface area contributed by atoms with Gasteiger partial charge in [0.25, 0.3) is 5.91 Å². The van der Waals surface area contributed by atoms with Crippen LogP contribution in [0.15, 0.2) is 53.5 Å². The first-order valence-corrected chi connectivity index (χ1v) is 10.8. The Labute approximate surface area is 189 Å². The average molecular weight is 434 g/mol. The van der Waals surface area contributed by atoms with E-state index in [-0.39, 0.29) is 5.91 Å². The zero-order valence-electron chi connectivity index (χ0n) is 19.4. The zero-order valence-corrected chi connectivity index (χ0v) is 19.4. The van der Waals surface area contributed by atoms with E-state index >= 15 is 0 Å². The number of guanidine groups is 1. The van der Waals surface area contributed by atoms with Gasteiger partial charge >= 0.3 is 0 Å². The third-order valence-corrected chi connectivity index (χ3v) is 5.36. The number of nitrogens with zero attached hydrogens (tertiary/aromatic N) is 3. The summed E-state index contributed by atoms with van der Waals surface area (Å²) in [5.41, 5.74) is 5.87. The van der Waals surface area contributed by atoms with Gasteiger partial charge in [-0.05, 0) is 76.1 Å². The Bertz CT molecular complexity index is 1080. The first kappa shape index (κ1) is 23.1. The molecule has 1 aromatic heterocycles. The van der Waals surface area contributed by atoms with Crippen molar-refractivity contribution in [3.05, 3.63) is 76.6 Å². The molecule has 0 spiro atoms. The summed E-state index contributed by atoms with van der Waals surface area (Å²) in [6.07, 6.45) is 0.742. The van der Waals surface area contributed by atoms with Crippen LogP contribution in [-0.2, 0) is 13.0 Å². The van der Waals surface area contributed by atoms with Gasteiger partial charge in [0.1, 0.15) is 5.75 Å². The number of carbonyl (C=O) groups excluding carboxylic acids is 1. The third-order valence-electron chi connectivity index (χ3n) is 5.36. The van der Waals surface area contributed by atoms with Crippen LogP contribution < -0.4 is 15.4 Å². The first-order chi connectivity index (χ1) is 15.4. The Hall–Kier alpha value is -3.61. The minimum atomic E-state index is -0.212. The van der Waals surface area contributed by atoms with Crippen molar-refractivity contribution in [1.29, 1.82) is 0 Å². The molecule has 3 rings (SSSR count). The molecule has 0 fully saturated rings. The summed E-state index contributed by atoms with van der Waals surface area (Å²) < 4.78 is 7.22. The van der Waals surface area contributed by atoms with Crippen LogP contribution in [0.1, 0.15) is 39.8 Å². The van der Waals surface area contributed by atoms with Gasteiger partial charge in [0.15, 0.2) is 0 Å². The molecule has 0 atom stereocenters. The molecule has 32 heavy (non-hydrogen) atoms. The Morgan fingerprint density at radius 3 is 2.34 bits per heavy atom. The average Bonchev–Trinajstić information content (AvgIpc) is 3.07. The van der Waals surface area contributed by atoms with Gasteiger partial charge in [-0.2, -0.15) is 5.10 Å². The standard InChI is InChI=1S/C25H31N5O2/c1-6-30-19(4)23(18(3)29-30)15-16-26-25(27-21-11-13-22(32-5)14-12-21)28-24(31)20-9-7-17(2)8-10-20/h7-14H,6,15-16H2,1-5H3,(H2,26,27,28,31). The highest BCUT2D eigenvalue weighted by atomic mass is 16.5. The summed E-state index contributed by atoms with van der Waals surface area (Å²) in [6.45, 7) is 9.53. The molecular formula is C25H31N5O2. The van der Waals surface area contributed by atoms with Crippen LogP contribution in [0.25, 0.3) is 0 Å². The quantitative estimate of drug-likeness (QED) is 0.431. The molecule has 0 aliphatic carbocycles. The summed E-state index contributed by atoms with van der Waals surface area (Å²) in [6, 6.07) is 14.9. The second-order valence-corrected chi connectivity index (χ2v) is 7.62. The zero-order chi connectivity index (χ0) is 23.1. The molecule has 7 nitrogen and oxygen atoms in total. The molecular weight excluding hydrogens is 402 g/mol. The lowest BCUT2D eigenvalue weighted by molar-refractivity contribution is 0.0977. The van der Waals surface area contributed by atoms with Crippen LogP contribution in [0, 0.1) is 20.8 Å². The second kappa shape index (κ2) is 10.6. The van der Waals surface area contributed by atoms with Crippen LogP contribution in [0.4, 0.5) is 5.69 Å². The monoisotopic (exact) mass is 433 g/mol. The predicted molar refractivity (Wildman–Crippen MR) is 129 cm³/mol. The maximum atomic E-state index is 12.8. The van der Waals surface area contributed by atoms with Gasteiger partial charge in [-0.1, -0.05) is 17.7 Å². The Balaban J connectivity index is 1.77. The van der Waals surface area contributed by atoms with E-state index in [1.54, 1.807) is 7.11 Å². The molecule has 0 saturated carbocycles. The van der Waals surface area contributed by atoms with Crippen molar-refractivity contribution in [2.75, 3.05) is 19.0 Å². The van der Waals surface area contributed by atoms with Crippen molar-refractivity contribution < 1.29 is 9.53 Å². The molecule has 0 aliphatic heterocycles. The van der Waals surface area contributed by atoms with E-state index in [2.05, 4.69) is 34.6 Å². The lowest BCUT2D eigenvalue weighted by Gasteiger charge is -2.13. The lowest BCUT2D eigenvalue weighted by atomic mass is 10.1. The largest absolute Gasteiger partial charge is 0.497 e. The molecule has 0 saturated heterocycles. The SMILES string of the molecule is CCn1nc(C)c(CCN=C(NC(=O)c2ccc(C)cc2)Nc2ccc(OC)cc2)c1C. The number of nitrogens with one attached hydrogen (secondary N) is 2. The molecule has 2 N–H and O–H groups in total. The van der Waals surface area contributed by atoms with Crippen molar-refractivity contribution in [3.63, 3.8) is 0 Å². The molecule has 1 amide bonds. The molecule has 0 radical (unpaired) electrons. The minimum Gasteiger partial charge on any atom is -0.497 e. The van der Waals surface area contributed by atoms with Gasteiger partial charge in [-0.3, -0.25) is 19.8 Å². The van der Waals surface area contributed by atoms with Crippen LogP contribution in [-0.4, -0.2) is 35.3 Å². The Kier molecular flexibility index (Phi) is 7.65. The Morgan fingerprint density at radius 1 is 1.06 bits per heavy atom. The number of carbonyl (C=O) groups is 1. The molecule has 1 heterocycles. The molecule has 0 unspecified atom stereocenters. The number of methoxy groups -OCH3 is 1. The minimum absolute atomic E-state index is 0.212. The van der Waals surface area contributed by atoms with Crippen LogP contribution in [0.3, 0.4) is 0 Å². The number of hydrogen-bond donors (Lipinski definition) is 2. The van der Waals surface area contributed by atoms with Crippen molar-refractivity contribution in [1.82, 2.24) is 15.1 Å². The molecule has 7 heteroatoms. The van der Waals surface area contributed by atoms with Crippen molar-refractivity contribution in [2.45, 2.75) is 40.7 Å². The topological polar surface area (TPSA) is 80.5 Å². The van der Waals surface area contributed by atoms with Gasteiger partial charge in [-0.25, -0.2) is 0 Å². The van der Waals surface area contributed by atoms with Crippen molar-refractivity contribution >= 4 is 17.6 Å². The normalized spacial score (nSPS) is 11.3. The summed E-state index contributed by atoms with van der Waals surface area (Å²) in [5, 5.41) is 10.7.